The van der Waals surface area contributed by atoms with Crippen molar-refractivity contribution in [2.75, 3.05) is 19.6 Å². The minimum Gasteiger partial charge on any atom is -0.311 e. The van der Waals surface area contributed by atoms with Crippen LogP contribution in [0, 0.1) is 5.92 Å². The Hall–Kier alpha value is -0.930. The number of pyridine rings is 1. The van der Waals surface area contributed by atoms with Crippen LogP contribution in [0.15, 0.2) is 24.5 Å². The van der Waals surface area contributed by atoms with Crippen molar-refractivity contribution < 1.29 is 0 Å². The van der Waals surface area contributed by atoms with Crippen molar-refractivity contribution in [1.29, 1.82) is 0 Å². The maximum Gasteiger partial charge on any atom is 0.0270 e. The number of hydrogen-bond donors (Lipinski definition) is 1. The van der Waals surface area contributed by atoms with Crippen LogP contribution in [0.5, 0.6) is 0 Å². The molecule has 2 aliphatic rings. The van der Waals surface area contributed by atoms with Gasteiger partial charge in [-0.15, -0.1) is 0 Å². The topological polar surface area (TPSA) is 28.2 Å². The Morgan fingerprint density at radius 3 is 2.79 bits per heavy atom. The van der Waals surface area contributed by atoms with E-state index < -0.39 is 0 Å². The molecular formula is C16H25N3. The molecule has 2 heterocycles. The SMILES string of the molecule is CCC1CNC(C2CC2)CN1CCc1ccncc1. The second-order valence-electron chi connectivity index (χ2n) is 6.01. The van der Waals surface area contributed by atoms with Crippen LogP contribution in [-0.2, 0) is 6.42 Å². The molecule has 2 atom stereocenters. The van der Waals surface area contributed by atoms with Gasteiger partial charge in [-0.2, -0.15) is 0 Å². The first-order chi connectivity index (χ1) is 9.36. The van der Waals surface area contributed by atoms with Crippen molar-refractivity contribution in [2.24, 2.45) is 5.92 Å². The van der Waals surface area contributed by atoms with Gasteiger partial charge in [-0.25, -0.2) is 0 Å². The molecule has 19 heavy (non-hydrogen) atoms. The molecule has 0 amide bonds. The Kier molecular flexibility index (Phi) is 4.14. The van der Waals surface area contributed by atoms with Gasteiger partial charge in [0.25, 0.3) is 0 Å². The molecule has 1 saturated heterocycles. The van der Waals surface area contributed by atoms with Gasteiger partial charge in [0.1, 0.15) is 0 Å². The van der Waals surface area contributed by atoms with E-state index in [0.717, 1.165) is 24.4 Å². The summed E-state index contributed by atoms with van der Waals surface area (Å²) in [5, 5.41) is 3.76. The first-order valence-corrected chi connectivity index (χ1v) is 7.73. The molecule has 1 aromatic heterocycles. The third-order valence-electron chi connectivity index (χ3n) is 4.66. The van der Waals surface area contributed by atoms with Crippen molar-refractivity contribution in [2.45, 2.75) is 44.7 Å². The summed E-state index contributed by atoms with van der Waals surface area (Å²) in [6, 6.07) is 5.75. The summed E-state index contributed by atoms with van der Waals surface area (Å²) < 4.78 is 0. The van der Waals surface area contributed by atoms with E-state index in [1.165, 1.54) is 44.5 Å². The van der Waals surface area contributed by atoms with Gasteiger partial charge in [-0.05, 0) is 49.3 Å². The summed E-state index contributed by atoms with van der Waals surface area (Å²) in [6.07, 6.45) is 9.07. The first-order valence-electron chi connectivity index (χ1n) is 7.73. The fourth-order valence-corrected chi connectivity index (χ4v) is 3.20. The highest BCUT2D eigenvalue weighted by molar-refractivity contribution is 5.10. The molecule has 2 unspecified atom stereocenters. The lowest BCUT2D eigenvalue weighted by Gasteiger charge is -2.40. The highest BCUT2D eigenvalue weighted by atomic mass is 15.2. The van der Waals surface area contributed by atoms with Crippen molar-refractivity contribution in [1.82, 2.24) is 15.2 Å². The summed E-state index contributed by atoms with van der Waals surface area (Å²) >= 11 is 0. The van der Waals surface area contributed by atoms with Gasteiger partial charge >= 0.3 is 0 Å². The van der Waals surface area contributed by atoms with Crippen LogP contribution < -0.4 is 5.32 Å². The average Bonchev–Trinajstić information content (AvgIpc) is 3.30. The van der Waals surface area contributed by atoms with Crippen LogP contribution in [-0.4, -0.2) is 41.6 Å². The van der Waals surface area contributed by atoms with E-state index in [1.807, 2.05) is 12.4 Å². The average molecular weight is 259 g/mol. The number of aromatic nitrogens is 1. The number of nitrogens with one attached hydrogen (secondary N) is 1. The Bertz CT molecular complexity index is 388. The normalized spacial score (nSPS) is 28.5. The molecule has 0 aromatic carbocycles. The van der Waals surface area contributed by atoms with Crippen LogP contribution in [0.3, 0.4) is 0 Å². The molecule has 1 aromatic rings. The molecule has 1 saturated carbocycles. The lowest BCUT2D eigenvalue weighted by Crippen LogP contribution is -2.57. The van der Waals surface area contributed by atoms with Gasteiger partial charge in [-0.3, -0.25) is 9.88 Å². The minimum absolute atomic E-state index is 0.719. The molecule has 3 nitrogen and oxygen atoms in total. The molecule has 104 valence electrons. The number of rotatable bonds is 5. The van der Waals surface area contributed by atoms with Gasteiger partial charge in [0.05, 0.1) is 0 Å². The Morgan fingerprint density at radius 1 is 1.32 bits per heavy atom. The molecule has 2 fully saturated rings. The highest BCUT2D eigenvalue weighted by Crippen LogP contribution is 2.34. The summed E-state index contributed by atoms with van der Waals surface area (Å²) in [6.45, 7) is 5.92. The minimum atomic E-state index is 0.719. The zero-order valence-corrected chi connectivity index (χ0v) is 11.9. The lowest BCUT2D eigenvalue weighted by molar-refractivity contribution is 0.120. The number of nitrogens with zero attached hydrogens (tertiary/aromatic N) is 2. The Balaban J connectivity index is 1.56. The van der Waals surface area contributed by atoms with Gasteiger partial charge in [0.15, 0.2) is 0 Å². The fourth-order valence-electron chi connectivity index (χ4n) is 3.20. The summed E-state index contributed by atoms with van der Waals surface area (Å²) in [5.74, 6) is 0.959. The largest absolute Gasteiger partial charge is 0.311 e. The third kappa shape index (κ3) is 3.34. The monoisotopic (exact) mass is 259 g/mol. The van der Waals surface area contributed by atoms with E-state index in [4.69, 9.17) is 0 Å². The van der Waals surface area contributed by atoms with Crippen LogP contribution in [0.1, 0.15) is 31.7 Å². The molecule has 3 rings (SSSR count). The molecule has 1 N–H and O–H groups in total. The molecule has 1 aliphatic carbocycles. The maximum atomic E-state index is 4.09. The van der Waals surface area contributed by atoms with Crippen LogP contribution in [0.4, 0.5) is 0 Å². The van der Waals surface area contributed by atoms with E-state index in [9.17, 15) is 0 Å². The predicted octanol–water partition coefficient (Wildman–Crippen LogP) is 2.09. The standard InChI is InChI=1S/C16H25N3/c1-2-15-11-18-16(14-3-4-14)12-19(15)10-7-13-5-8-17-9-6-13/h5-6,8-9,14-16,18H,2-4,7,10-12H2,1H3. The highest BCUT2D eigenvalue weighted by Gasteiger charge is 2.36. The van der Waals surface area contributed by atoms with Crippen molar-refractivity contribution in [3.05, 3.63) is 30.1 Å². The van der Waals surface area contributed by atoms with Crippen LogP contribution in [0.25, 0.3) is 0 Å². The first kappa shape index (κ1) is 13.1. The Labute approximate surface area is 116 Å². The molecule has 0 radical (unpaired) electrons. The predicted molar refractivity (Wildman–Crippen MR) is 78.1 cm³/mol. The quantitative estimate of drug-likeness (QED) is 0.877. The summed E-state index contributed by atoms with van der Waals surface area (Å²) in [5.41, 5.74) is 1.41. The van der Waals surface area contributed by atoms with Gasteiger partial charge in [0.2, 0.25) is 0 Å². The summed E-state index contributed by atoms with van der Waals surface area (Å²) in [7, 11) is 0. The third-order valence-corrected chi connectivity index (χ3v) is 4.66. The second kappa shape index (κ2) is 6.02. The van der Waals surface area contributed by atoms with E-state index in [-0.39, 0.29) is 0 Å². The van der Waals surface area contributed by atoms with Crippen molar-refractivity contribution >= 4 is 0 Å². The van der Waals surface area contributed by atoms with E-state index in [2.05, 4.69) is 34.3 Å². The van der Waals surface area contributed by atoms with Gasteiger partial charge in [0, 0.05) is 44.1 Å². The number of piperazine rings is 1. The van der Waals surface area contributed by atoms with Crippen LogP contribution >= 0.6 is 0 Å². The second-order valence-corrected chi connectivity index (χ2v) is 6.01. The molecule has 0 spiro atoms. The van der Waals surface area contributed by atoms with Crippen molar-refractivity contribution in [3.8, 4) is 0 Å². The van der Waals surface area contributed by atoms with Crippen LogP contribution in [0.2, 0.25) is 0 Å². The van der Waals surface area contributed by atoms with Gasteiger partial charge < -0.3 is 5.32 Å². The number of hydrogen-bond acceptors (Lipinski definition) is 3. The lowest BCUT2D eigenvalue weighted by atomic mass is 10.0. The summed E-state index contributed by atoms with van der Waals surface area (Å²) in [4.78, 5) is 6.80. The zero-order chi connectivity index (χ0) is 13.1. The molecule has 3 heteroatoms. The van der Waals surface area contributed by atoms with E-state index in [1.54, 1.807) is 0 Å². The zero-order valence-electron chi connectivity index (χ0n) is 11.9. The fraction of sp³-hybridized carbons (Fsp3) is 0.688. The Morgan fingerprint density at radius 2 is 2.11 bits per heavy atom. The smallest absolute Gasteiger partial charge is 0.0270 e. The molecular weight excluding hydrogens is 234 g/mol. The van der Waals surface area contributed by atoms with E-state index in [0.29, 0.717) is 0 Å². The van der Waals surface area contributed by atoms with Gasteiger partial charge in [-0.1, -0.05) is 6.92 Å². The molecule has 0 bridgehead atoms. The van der Waals surface area contributed by atoms with Crippen molar-refractivity contribution in [3.63, 3.8) is 0 Å². The molecule has 1 aliphatic heterocycles. The van der Waals surface area contributed by atoms with E-state index >= 15 is 0 Å². The maximum absolute atomic E-state index is 4.09.